The zero-order valence-corrected chi connectivity index (χ0v) is 12.2. The van der Waals surface area contributed by atoms with Crippen molar-refractivity contribution in [3.63, 3.8) is 0 Å². The summed E-state index contributed by atoms with van der Waals surface area (Å²) in [5, 5.41) is 6.67. The zero-order valence-electron chi connectivity index (χ0n) is 11.4. The molecule has 1 amide bonds. The smallest absolute Gasteiger partial charge is 0.252 e. The van der Waals surface area contributed by atoms with Crippen LogP contribution < -0.4 is 5.32 Å². The molecule has 5 heteroatoms. The lowest BCUT2D eigenvalue weighted by molar-refractivity contribution is 0.0951. The van der Waals surface area contributed by atoms with Gasteiger partial charge in [0.15, 0.2) is 0 Å². The van der Waals surface area contributed by atoms with Crippen LogP contribution in [0.4, 0.5) is 0 Å². The summed E-state index contributed by atoms with van der Waals surface area (Å²) in [6, 6.07) is 10.1. The van der Waals surface area contributed by atoms with E-state index in [2.05, 4.69) is 22.4 Å². The number of nitrogens with zero attached hydrogens (tertiary/aromatic N) is 2. The van der Waals surface area contributed by atoms with Crippen molar-refractivity contribution in [1.82, 2.24) is 14.9 Å². The van der Waals surface area contributed by atoms with Gasteiger partial charge in [0.25, 0.3) is 5.91 Å². The van der Waals surface area contributed by atoms with E-state index in [-0.39, 0.29) is 5.91 Å². The lowest BCUT2D eigenvalue weighted by atomic mass is 10.1. The Kier molecular flexibility index (Phi) is 4.12. The number of rotatable bonds is 5. The number of thiophene rings is 1. The number of aromatic nitrogens is 2. The van der Waals surface area contributed by atoms with Crippen LogP contribution in [-0.2, 0) is 13.1 Å². The average molecular weight is 297 g/mol. The van der Waals surface area contributed by atoms with Gasteiger partial charge in [-0.2, -0.15) is 11.3 Å². The lowest BCUT2D eigenvalue weighted by Crippen LogP contribution is -2.22. The fourth-order valence-electron chi connectivity index (χ4n) is 2.03. The van der Waals surface area contributed by atoms with Crippen LogP contribution in [0.3, 0.4) is 0 Å². The van der Waals surface area contributed by atoms with Crippen LogP contribution in [0.5, 0.6) is 0 Å². The van der Waals surface area contributed by atoms with Gasteiger partial charge in [-0.25, -0.2) is 4.98 Å². The van der Waals surface area contributed by atoms with E-state index >= 15 is 0 Å². The Morgan fingerprint density at radius 1 is 1.19 bits per heavy atom. The van der Waals surface area contributed by atoms with Crippen molar-refractivity contribution in [3.8, 4) is 0 Å². The number of hydrogen-bond acceptors (Lipinski definition) is 3. The molecule has 4 nitrogen and oxygen atoms in total. The second kappa shape index (κ2) is 6.37. The molecule has 0 bridgehead atoms. The van der Waals surface area contributed by atoms with Crippen molar-refractivity contribution in [1.29, 1.82) is 0 Å². The SMILES string of the molecule is O=C(NCc1ccc(Cn2ccnc2)cc1)c1ccsc1. The third-order valence-corrected chi connectivity index (χ3v) is 3.87. The monoisotopic (exact) mass is 297 g/mol. The molecule has 3 rings (SSSR count). The van der Waals surface area contributed by atoms with E-state index in [0.717, 1.165) is 17.7 Å². The lowest BCUT2D eigenvalue weighted by Gasteiger charge is -2.06. The first-order valence-corrected chi connectivity index (χ1v) is 7.59. The molecule has 0 fully saturated rings. The second-order valence-corrected chi connectivity index (χ2v) is 5.53. The number of benzene rings is 1. The summed E-state index contributed by atoms with van der Waals surface area (Å²) in [5.41, 5.74) is 3.02. The first-order valence-electron chi connectivity index (χ1n) is 6.65. The van der Waals surface area contributed by atoms with Crippen molar-refractivity contribution in [2.75, 3.05) is 0 Å². The third kappa shape index (κ3) is 3.58. The third-order valence-electron chi connectivity index (χ3n) is 3.18. The van der Waals surface area contributed by atoms with Crippen LogP contribution in [-0.4, -0.2) is 15.5 Å². The average Bonchev–Trinajstić information content (AvgIpc) is 3.19. The number of imidazole rings is 1. The molecule has 3 aromatic rings. The number of carbonyl (C=O) groups excluding carboxylic acids is 1. The van der Waals surface area contributed by atoms with Gasteiger partial charge >= 0.3 is 0 Å². The van der Waals surface area contributed by atoms with Crippen molar-refractivity contribution >= 4 is 17.2 Å². The molecule has 0 aliphatic rings. The molecule has 0 saturated carbocycles. The van der Waals surface area contributed by atoms with Crippen LogP contribution in [0.2, 0.25) is 0 Å². The van der Waals surface area contributed by atoms with E-state index in [9.17, 15) is 4.79 Å². The molecule has 0 unspecified atom stereocenters. The van der Waals surface area contributed by atoms with Gasteiger partial charge in [-0.3, -0.25) is 4.79 Å². The van der Waals surface area contributed by atoms with Crippen molar-refractivity contribution in [3.05, 3.63) is 76.5 Å². The van der Waals surface area contributed by atoms with Crippen LogP contribution in [0.15, 0.2) is 59.8 Å². The van der Waals surface area contributed by atoms with E-state index in [4.69, 9.17) is 0 Å². The van der Waals surface area contributed by atoms with Crippen LogP contribution in [0.1, 0.15) is 21.5 Å². The van der Waals surface area contributed by atoms with Gasteiger partial charge in [-0.15, -0.1) is 0 Å². The highest BCUT2D eigenvalue weighted by Crippen LogP contribution is 2.08. The molecular formula is C16H15N3OS. The quantitative estimate of drug-likeness (QED) is 0.787. The predicted molar refractivity (Wildman–Crippen MR) is 83.3 cm³/mol. The minimum atomic E-state index is -0.0289. The molecular weight excluding hydrogens is 282 g/mol. The molecule has 1 aromatic carbocycles. The molecule has 2 heterocycles. The molecule has 1 N–H and O–H groups in total. The van der Waals surface area contributed by atoms with Crippen molar-refractivity contribution in [2.45, 2.75) is 13.1 Å². The summed E-state index contributed by atoms with van der Waals surface area (Å²) in [4.78, 5) is 15.9. The molecule has 106 valence electrons. The summed E-state index contributed by atoms with van der Waals surface area (Å²) < 4.78 is 2.02. The number of amides is 1. The summed E-state index contributed by atoms with van der Waals surface area (Å²) in [5.74, 6) is -0.0289. The Morgan fingerprint density at radius 2 is 2.00 bits per heavy atom. The van der Waals surface area contributed by atoms with E-state index in [1.807, 2.05) is 39.7 Å². The first kappa shape index (κ1) is 13.6. The minimum Gasteiger partial charge on any atom is -0.348 e. The molecule has 0 aliphatic carbocycles. The summed E-state index contributed by atoms with van der Waals surface area (Å²) in [6.07, 6.45) is 5.51. The van der Waals surface area contributed by atoms with Crippen molar-refractivity contribution < 1.29 is 4.79 Å². The van der Waals surface area contributed by atoms with Crippen LogP contribution >= 0.6 is 11.3 Å². The predicted octanol–water partition coefficient (Wildman–Crippen LogP) is 2.92. The van der Waals surface area contributed by atoms with Crippen LogP contribution in [0.25, 0.3) is 0 Å². The Balaban J connectivity index is 1.56. The van der Waals surface area contributed by atoms with Gasteiger partial charge in [-0.05, 0) is 22.6 Å². The Hall–Kier alpha value is -2.40. The maximum atomic E-state index is 11.8. The highest BCUT2D eigenvalue weighted by Gasteiger charge is 2.05. The van der Waals surface area contributed by atoms with E-state index in [1.54, 1.807) is 12.5 Å². The highest BCUT2D eigenvalue weighted by molar-refractivity contribution is 7.08. The fourth-order valence-corrected chi connectivity index (χ4v) is 2.67. The first-order chi connectivity index (χ1) is 10.3. The molecule has 0 atom stereocenters. The van der Waals surface area contributed by atoms with Gasteiger partial charge < -0.3 is 9.88 Å². The molecule has 2 aromatic heterocycles. The van der Waals surface area contributed by atoms with Crippen molar-refractivity contribution in [2.24, 2.45) is 0 Å². The van der Waals surface area contributed by atoms with E-state index in [0.29, 0.717) is 6.54 Å². The molecule has 0 spiro atoms. The van der Waals surface area contributed by atoms with Gasteiger partial charge in [0.05, 0.1) is 6.33 Å². The standard InChI is InChI=1S/C16H15N3OS/c20-16(15-5-8-21-11-15)18-9-13-1-3-14(4-2-13)10-19-7-6-17-12-19/h1-8,11-12H,9-10H2,(H,18,20). The largest absolute Gasteiger partial charge is 0.348 e. The van der Waals surface area contributed by atoms with Gasteiger partial charge in [-0.1, -0.05) is 24.3 Å². The van der Waals surface area contributed by atoms with E-state index < -0.39 is 0 Å². The number of carbonyl (C=O) groups is 1. The van der Waals surface area contributed by atoms with E-state index in [1.165, 1.54) is 16.9 Å². The maximum absolute atomic E-state index is 11.8. The molecule has 0 saturated heterocycles. The Morgan fingerprint density at radius 3 is 2.67 bits per heavy atom. The zero-order chi connectivity index (χ0) is 14.5. The fraction of sp³-hybridized carbons (Fsp3) is 0.125. The second-order valence-electron chi connectivity index (χ2n) is 4.75. The Bertz CT molecular complexity index is 688. The summed E-state index contributed by atoms with van der Waals surface area (Å²) >= 11 is 1.52. The van der Waals surface area contributed by atoms with Gasteiger partial charge in [0.2, 0.25) is 0 Å². The molecule has 0 radical (unpaired) electrons. The minimum absolute atomic E-state index is 0.0289. The highest BCUT2D eigenvalue weighted by atomic mass is 32.1. The molecule has 21 heavy (non-hydrogen) atoms. The number of hydrogen-bond donors (Lipinski definition) is 1. The van der Waals surface area contributed by atoms with Gasteiger partial charge in [0, 0.05) is 36.4 Å². The summed E-state index contributed by atoms with van der Waals surface area (Å²) in [7, 11) is 0. The maximum Gasteiger partial charge on any atom is 0.252 e. The Labute approximate surface area is 127 Å². The topological polar surface area (TPSA) is 46.9 Å². The van der Waals surface area contributed by atoms with Crippen LogP contribution in [0, 0.1) is 0 Å². The molecule has 0 aliphatic heterocycles. The van der Waals surface area contributed by atoms with Gasteiger partial charge in [0.1, 0.15) is 0 Å². The number of nitrogens with one attached hydrogen (secondary N) is 1. The normalized spacial score (nSPS) is 10.5. The summed E-state index contributed by atoms with van der Waals surface area (Å²) in [6.45, 7) is 1.35.